The minimum Gasteiger partial charge on any atom is -0.379 e. The van der Waals surface area contributed by atoms with E-state index in [1.807, 2.05) is 48.9 Å². The Balaban J connectivity index is 2.45. The number of hydrogen-bond donors (Lipinski definition) is 1. The number of aromatic nitrogens is 2. The van der Waals surface area contributed by atoms with Crippen LogP contribution in [0.25, 0.3) is 0 Å². The molecule has 3 nitrogen and oxygen atoms in total. The summed E-state index contributed by atoms with van der Waals surface area (Å²) in [5, 5.41) is 14.9. The van der Waals surface area contributed by atoms with Crippen LogP contribution in [0.4, 0.5) is 0 Å². The summed E-state index contributed by atoms with van der Waals surface area (Å²) in [6.45, 7) is 6.61. The number of nitrogens with zero attached hydrogens (tertiary/aromatic N) is 2. The van der Waals surface area contributed by atoms with Gasteiger partial charge in [-0.25, -0.2) is 0 Å². The van der Waals surface area contributed by atoms with Crippen molar-refractivity contribution in [3.8, 4) is 0 Å². The third-order valence-corrected chi connectivity index (χ3v) is 3.13. The molecule has 0 aliphatic carbocycles. The highest BCUT2D eigenvalue weighted by Gasteiger charge is 2.28. The second kappa shape index (κ2) is 4.34. The maximum atomic E-state index is 10.7. The van der Waals surface area contributed by atoms with Crippen molar-refractivity contribution in [3.05, 3.63) is 53.3 Å². The highest BCUT2D eigenvalue weighted by atomic mass is 16.3. The predicted octanol–water partition coefficient (Wildman–Crippen LogP) is 2.47. The molecule has 17 heavy (non-hydrogen) atoms. The van der Waals surface area contributed by atoms with Gasteiger partial charge in [0.1, 0.15) is 5.60 Å². The molecule has 2 rings (SSSR count). The van der Waals surface area contributed by atoms with Crippen molar-refractivity contribution in [2.24, 2.45) is 0 Å². The molecular weight excluding hydrogens is 212 g/mol. The monoisotopic (exact) mass is 230 g/mol. The van der Waals surface area contributed by atoms with Gasteiger partial charge in [0.05, 0.1) is 5.69 Å². The number of aliphatic hydroxyl groups is 1. The molecule has 0 fully saturated rings. The van der Waals surface area contributed by atoms with Crippen molar-refractivity contribution >= 4 is 0 Å². The van der Waals surface area contributed by atoms with Crippen molar-refractivity contribution in [1.29, 1.82) is 0 Å². The Bertz CT molecular complexity index is 497. The molecule has 0 saturated heterocycles. The first-order chi connectivity index (χ1) is 8.05. The van der Waals surface area contributed by atoms with Gasteiger partial charge in [0.2, 0.25) is 0 Å². The quantitative estimate of drug-likeness (QED) is 0.879. The van der Waals surface area contributed by atoms with Crippen LogP contribution >= 0.6 is 0 Å². The van der Waals surface area contributed by atoms with Crippen molar-refractivity contribution in [3.63, 3.8) is 0 Å². The molecule has 0 aliphatic rings. The minimum atomic E-state index is -1.000. The molecule has 0 bridgehead atoms. The highest BCUT2D eigenvalue weighted by Crippen LogP contribution is 2.28. The first kappa shape index (κ1) is 11.9. The van der Waals surface area contributed by atoms with Crippen LogP contribution in [-0.4, -0.2) is 14.9 Å². The fourth-order valence-corrected chi connectivity index (χ4v) is 2.02. The Kier molecular flexibility index (Phi) is 3.03. The average molecular weight is 230 g/mol. The van der Waals surface area contributed by atoms with Crippen LogP contribution in [0.1, 0.15) is 30.7 Å². The topological polar surface area (TPSA) is 38.0 Å². The zero-order valence-corrected chi connectivity index (χ0v) is 10.5. The molecule has 1 aromatic heterocycles. The molecule has 1 N–H and O–H groups in total. The van der Waals surface area contributed by atoms with E-state index < -0.39 is 5.60 Å². The fraction of sp³-hybridized carbons (Fsp3) is 0.357. The number of hydrogen-bond acceptors (Lipinski definition) is 2. The predicted molar refractivity (Wildman–Crippen MR) is 67.8 cm³/mol. The number of rotatable bonds is 3. The SMILES string of the molecule is CCn1nccc1C(C)(O)c1ccc(C)cc1. The fourth-order valence-electron chi connectivity index (χ4n) is 2.02. The number of aryl methyl sites for hydroxylation is 2. The molecule has 1 unspecified atom stereocenters. The maximum absolute atomic E-state index is 10.7. The van der Waals surface area contributed by atoms with Crippen LogP contribution in [0.2, 0.25) is 0 Å². The molecule has 0 aliphatic heterocycles. The van der Waals surface area contributed by atoms with Gasteiger partial charge in [-0.3, -0.25) is 4.68 Å². The van der Waals surface area contributed by atoms with E-state index in [1.54, 1.807) is 13.1 Å². The van der Waals surface area contributed by atoms with Crippen molar-refractivity contribution in [2.45, 2.75) is 32.9 Å². The Morgan fingerprint density at radius 2 is 1.88 bits per heavy atom. The van der Waals surface area contributed by atoms with E-state index in [0.29, 0.717) is 0 Å². The van der Waals surface area contributed by atoms with Gasteiger partial charge in [-0.1, -0.05) is 29.8 Å². The summed E-state index contributed by atoms with van der Waals surface area (Å²) in [5.41, 5.74) is 1.90. The summed E-state index contributed by atoms with van der Waals surface area (Å²) in [5.74, 6) is 0. The highest BCUT2D eigenvalue weighted by molar-refractivity contribution is 5.33. The molecular formula is C14H18N2O. The maximum Gasteiger partial charge on any atom is 0.128 e. The van der Waals surface area contributed by atoms with E-state index in [9.17, 15) is 5.11 Å². The van der Waals surface area contributed by atoms with Crippen LogP contribution in [-0.2, 0) is 12.1 Å². The van der Waals surface area contributed by atoms with Crippen LogP contribution in [0.15, 0.2) is 36.5 Å². The molecule has 90 valence electrons. The summed E-state index contributed by atoms with van der Waals surface area (Å²) in [6.07, 6.45) is 1.72. The van der Waals surface area contributed by atoms with Crippen LogP contribution in [0.5, 0.6) is 0 Å². The zero-order chi connectivity index (χ0) is 12.5. The lowest BCUT2D eigenvalue weighted by molar-refractivity contribution is 0.0917. The van der Waals surface area contributed by atoms with E-state index in [2.05, 4.69) is 5.10 Å². The van der Waals surface area contributed by atoms with E-state index in [4.69, 9.17) is 0 Å². The molecule has 2 aromatic rings. The summed E-state index contributed by atoms with van der Waals surface area (Å²) in [4.78, 5) is 0. The van der Waals surface area contributed by atoms with Crippen molar-refractivity contribution in [1.82, 2.24) is 9.78 Å². The normalized spacial score (nSPS) is 14.6. The van der Waals surface area contributed by atoms with Gasteiger partial charge in [-0.2, -0.15) is 5.10 Å². The Hall–Kier alpha value is -1.61. The minimum absolute atomic E-state index is 0.754. The van der Waals surface area contributed by atoms with Crippen LogP contribution < -0.4 is 0 Å². The van der Waals surface area contributed by atoms with Gasteiger partial charge in [0.15, 0.2) is 0 Å². The first-order valence-electron chi connectivity index (χ1n) is 5.87. The Labute approximate surface area is 102 Å². The summed E-state index contributed by atoms with van der Waals surface area (Å²) < 4.78 is 1.82. The van der Waals surface area contributed by atoms with E-state index in [0.717, 1.165) is 17.8 Å². The second-order valence-electron chi connectivity index (χ2n) is 4.47. The zero-order valence-electron chi connectivity index (χ0n) is 10.5. The van der Waals surface area contributed by atoms with Gasteiger partial charge in [-0.05, 0) is 32.4 Å². The molecule has 1 heterocycles. The standard InChI is InChI=1S/C14H18N2O/c1-4-16-13(9-10-15-16)14(3,17)12-7-5-11(2)6-8-12/h5-10,17H,4H2,1-3H3. The molecule has 0 saturated carbocycles. The smallest absolute Gasteiger partial charge is 0.128 e. The first-order valence-corrected chi connectivity index (χ1v) is 5.87. The van der Waals surface area contributed by atoms with Gasteiger partial charge in [0.25, 0.3) is 0 Å². The third kappa shape index (κ3) is 2.11. The van der Waals surface area contributed by atoms with Crippen LogP contribution in [0, 0.1) is 6.92 Å². The van der Waals surface area contributed by atoms with Crippen LogP contribution in [0.3, 0.4) is 0 Å². The summed E-state index contributed by atoms with van der Waals surface area (Å²) >= 11 is 0. The van der Waals surface area contributed by atoms with Crippen molar-refractivity contribution in [2.75, 3.05) is 0 Å². The summed E-state index contributed by atoms with van der Waals surface area (Å²) in [7, 11) is 0. The lowest BCUT2D eigenvalue weighted by Gasteiger charge is -2.24. The lowest BCUT2D eigenvalue weighted by Crippen LogP contribution is -2.26. The average Bonchev–Trinajstić information content (AvgIpc) is 2.78. The van der Waals surface area contributed by atoms with E-state index in [-0.39, 0.29) is 0 Å². The van der Waals surface area contributed by atoms with Gasteiger partial charge in [-0.15, -0.1) is 0 Å². The number of benzene rings is 1. The third-order valence-electron chi connectivity index (χ3n) is 3.13. The Morgan fingerprint density at radius 1 is 1.24 bits per heavy atom. The molecule has 0 spiro atoms. The second-order valence-corrected chi connectivity index (χ2v) is 4.47. The summed E-state index contributed by atoms with van der Waals surface area (Å²) in [6, 6.07) is 9.81. The van der Waals surface area contributed by atoms with E-state index in [1.165, 1.54) is 5.56 Å². The van der Waals surface area contributed by atoms with Gasteiger partial charge >= 0.3 is 0 Å². The molecule has 1 aromatic carbocycles. The van der Waals surface area contributed by atoms with Gasteiger partial charge < -0.3 is 5.11 Å². The molecule has 3 heteroatoms. The molecule has 1 atom stereocenters. The lowest BCUT2D eigenvalue weighted by atomic mass is 9.92. The van der Waals surface area contributed by atoms with E-state index >= 15 is 0 Å². The van der Waals surface area contributed by atoms with Gasteiger partial charge in [0, 0.05) is 12.7 Å². The Morgan fingerprint density at radius 3 is 2.47 bits per heavy atom. The molecule has 0 amide bonds. The molecule has 0 radical (unpaired) electrons. The van der Waals surface area contributed by atoms with Crippen molar-refractivity contribution < 1.29 is 5.11 Å². The largest absolute Gasteiger partial charge is 0.379 e.